The smallest absolute Gasteiger partial charge is 0.321 e. The minimum absolute atomic E-state index is 0.140. The van der Waals surface area contributed by atoms with Gasteiger partial charge in [-0.3, -0.25) is 9.59 Å². The number of hydrogen-bond donors (Lipinski definition) is 2. The lowest BCUT2D eigenvalue weighted by Gasteiger charge is -2.22. The van der Waals surface area contributed by atoms with Crippen LogP contribution in [0.4, 0.5) is 16.2 Å². The van der Waals surface area contributed by atoms with Gasteiger partial charge >= 0.3 is 6.03 Å². The topological polar surface area (TPSA) is 91.0 Å². The number of likely N-dealkylation sites (tertiary alicyclic amines) is 1. The molecule has 142 valence electrons. The number of ether oxygens (including phenoxy) is 1. The largest absolute Gasteiger partial charge is 0.495 e. The summed E-state index contributed by atoms with van der Waals surface area (Å²) >= 11 is 0. The summed E-state index contributed by atoms with van der Waals surface area (Å²) in [7, 11) is 3.21. The van der Waals surface area contributed by atoms with E-state index in [1.54, 1.807) is 35.0 Å². The predicted octanol–water partition coefficient (Wildman–Crippen LogP) is 1.99. The molecular weight excluding hydrogens is 336 g/mol. The maximum absolute atomic E-state index is 12.4. The van der Waals surface area contributed by atoms with Gasteiger partial charge in [0.05, 0.1) is 12.8 Å². The van der Waals surface area contributed by atoms with Crippen LogP contribution in [0.15, 0.2) is 18.2 Å². The maximum atomic E-state index is 12.4. The summed E-state index contributed by atoms with van der Waals surface area (Å²) in [4.78, 5) is 38.9. The van der Waals surface area contributed by atoms with Crippen molar-refractivity contribution in [3.63, 3.8) is 0 Å². The fourth-order valence-corrected chi connectivity index (χ4v) is 3.04. The number of urea groups is 1. The molecule has 1 aliphatic rings. The molecule has 0 saturated carbocycles. The van der Waals surface area contributed by atoms with Gasteiger partial charge in [-0.25, -0.2) is 4.79 Å². The Balaban J connectivity index is 1.98. The van der Waals surface area contributed by atoms with Crippen molar-refractivity contribution >= 4 is 29.2 Å². The molecule has 1 aliphatic heterocycles. The van der Waals surface area contributed by atoms with E-state index in [0.717, 1.165) is 0 Å². The number of methoxy groups -OCH3 is 1. The lowest BCUT2D eigenvalue weighted by molar-refractivity contribution is -0.127. The first kappa shape index (κ1) is 19.6. The zero-order valence-electron chi connectivity index (χ0n) is 15.7. The second-order valence-corrected chi connectivity index (χ2v) is 6.41. The van der Waals surface area contributed by atoms with Gasteiger partial charge in [0.2, 0.25) is 11.8 Å². The second kappa shape index (κ2) is 8.55. The number of rotatable bonds is 6. The highest BCUT2D eigenvalue weighted by molar-refractivity contribution is 5.94. The molecule has 0 bridgehead atoms. The van der Waals surface area contributed by atoms with E-state index in [2.05, 4.69) is 10.6 Å². The lowest BCUT2D eigenvalue weighted by Crippen LogP contribution is -2.36. The van der Waals surface area contributed by atoms with Gasteiger partial charge < -0.3 is 25.2 Å². The fourth-order valence-electron chi connectivity index (χ4n) is 3.04. The summed E-state index contributed by atoms with van der Waals surface area (Å²) in [6.45, 7) is 5.24. The SMILES string of the molecule is CCN1C[C@@H](CN(C)C(=O)Nc2ccc(OC)c(NC(C)=O)c2)CC1=O. The number of hydrogen-bond acceptors (Lipinski definition) is 4. The van der Waals surface area contributed by atoms with E-state index in [0.29, 0.717) is 43.2 Å². The van der Waals surface area contributed by atoms with Crippen LogP contribution < -0.4 is 15.4 Å². The Labute approximate surface area is 153 Å². The summed E-state index contributed by atoms with van der Waals surface area (Å²) in [6.07, 6.45) is 0.473. The van der Waals surface area contributed by atoms with Crippen molar-refractivity contribution in [2.45, 2.75) is 20.3 Å². The molecule has 1 aromatic rings. The summed E-state index contributed by atoms with van der Waals surface area (Å²) in [5, 5.41) is 5.47. The minimum atomic E-state index is -0.272. The van der Waals surface area contributed by atoms with E-state index >= 15 is 0 Å². The van der Waals surface area contributed by atoms with Crippen LogP contribution >= 0.6 is 0 Å². The summed E-state index contributed by atoms with van der Waals surface area (Å²) < 4.78 is 5.20. The molecule has 0 aliphatic carbocycles. The molecule has 8 nitrogen and oxygen atoms in total. The molecular formula is C18H26N4O4. The number of nitrogens with zero attached hydrogens (tertiary/aromatic N) is 2. The Morgan fingerprint density at radius 2 is 2.08 bits per heavy atom. The standard InChI is InChI=1S/C18H26N4O4/c1-5-22-11-13(8-17(22)24)10-21(3)18(25)20-14-6-7-16(26-4)15(9-14)19-12(2)23/h6-7,9,13H,5,8,10-11H2,1-4H3,(H,19,23)(H,20,25)/t13-/m1/s1. The maximum Gasteiger partial charge on any atom is 0.321 e. The first-order chi connectivity index (χ1) is 12.3. The summed E-state index contributed by atoms with van der Waals surface area (Å²) in [5.41, 5.74) is 1.03. The molecule has 1 heterocycles. The molecule has 1 fully saturated rings. The third-order valence-corrected chi connectivity index (χ3v) is 4.32. The highest BCUT2D eigenvalue weighted by atomic mass is 16.5. The number of benzene rings is 1. The van der Waals surface area contributed by atoms with Gasteiger partial charge in [-0.15, -0.1) is 0 Å². The molecule has 1 atom stereocenters. The van der Waals surface area contributed by atoms with Gasteiger partial charge in [0.25, 0.3) is 0 Å². The highest BCUT2D eigenvalue weighted by Crippen LogP contribution is 2.28. The minimum Gasteiger partial charge on any atom is -0.495 e. The number of carbonyl (C=O) groups excluding carboxylic acids is 3. The van der Waals surface area contributed by atoms with Crippen LogP contribution in [-0.4, -0.2) is 61.4 Å². The molecule has 2 rings (SSSR count). The quantitative estimate of drug-likeness (QED) is 0.810. The highest BCUT2D eigenvalue weighted by Gasteiger charge is 2.30. The molecule has 0 unspecified atom stereocenters. The van der Waals surface area contributed by atoms with Gasteiger partial charge in [0.1, 0.15) is 5.75 Å². The van der Waals surface area contributed by atoms with Crippen molar-refractivity contribution in [1.82, 2.24) is 9.80 Å². The van der Waals surface area contributed by atoms with E-state index in [4.69, 9.17) is 4.74 Å². The monoisotopic (exact) mass is 362 g/mol. The van der Waals surface area contributed by atoms with Crippen molar-refractivity contribution in [1.29, 1.82) is 0 Å². The van der Waals surface area contributed by atoms with Crippen molar-refractivity contribution in [2.75, 3.05) is 44.4 Å². The lowest BCUT2D eigenvalue weighted by atomic mass is 10.1. The number of carbonyl (C=O) groups is 3. The molecule has 1 aromatic carbocycles. The van der Waals surface area contributed by atoms with Crippen LogP contribution in [0.2, 0.25) is 0 Å². The zero-order valence-corrected chi connectivity index (χ0v) is 15.7. The van der Waals surface area contributed by atoms with E-state index < -0.39 is 0 Å². The number of nitrogens with one attached hydrogen (secondary N) is 2. The van der Waals surface area contributed by atoms with E-state index in [1.807, 2.05) is 6.92 Å². The Kier molecular flexibility index (Phi) is 6.43. The van der Waals surface area contributed by atoms with E-state index in [-0.39, 0.29) is 23.8 Å². The normalized spacial score (nSPS) is 16.4. The van der Waals surface area contributed by atoms with E-state index in [1.165, 1.54) is 14.0 Å². The van der Waals surface area contributed by atoms with Gasteiger partial charge in [0.15, 0.2) is 0 Å². The summed E-state index contributed by atoms with van der Waals surface area (Å²) in [5.74, 6) is 0.566. The Hall–Kier alpha value is -2.77. The van der Waals surface area contributed by atoms with Crippen LogP contribution in [0, 0.1) is 5.92 Å². The first-order valence-corrected chi connectivity index (χ1v) is 8.59. The molecule has 4 amide bonds. The molecule has 0 aromatic heterocycles. The van der Waals surface area contributed by atoms with Gasteiger partial charge in [0, 0.05) is 51.6 Å². The van der Waals surface area contributed by atoms with Crippen molar-refractivity contribution in [3.8, 4) is 5.75 Å². The van der Waals surface area contributed by atoms with Crippen LogP contribution in [0.5, 0.6) is 5.75 Å². The Morgan fingerprint density at radius 3 is 2.65 bits per heavy atom. The van der Waals surface area contributed by atoms with Gasteiger partial charge in [-0.2, -0.15) is 0 Å². The Bertz CT molecular complexity index is 692. The Morgan fingerprint density at radius 1 is 1.35 bits per heavy atom. The first-order valence-electron chi connectivity index (χ1n) is 8.59. The summed E-state index contributed by atoms with van der Waals surface area (Å²) in [6, 6.07) is 4.75. The molecule has 2 N–H and O–H groups in total. The van der Waals surface area contributed by atoms with Crippen molar-refractivity contribution < 1.29 is 19.1 Å². The van der Waals surface area contributed by atoms with Crippen LogP contribution in [-0.2, 0) is 9.59 Å². The average Bonchev–Trinajstić information content (AvgIpc) is 2.94. The third kappa shape index (κ3) is 4.87. The van der Waals surface area contributed by atoms with Crippen molar-refractivity contribution in [3.05, 3.63) is 18.2 Å². The van der Waals surface area contributed by atoms with Crippen LogP contribution in [0.3, 0.4) is 0 Å². The van der Waals surface area contributed by atoms with Crippen molar-refractivity contribution in [2.24, 2.45) is 5.92 Å². The number of amides is 4. The molecule has 0 radical (unpaired) electrons. The average molecular weight is 362 g/mol. The van der Waals surface area contributed by atoms with E-state index in [9.17, 15) is 14.4 Å². The number of anilines is 2. The zero-order chi connectivity index (χ0) is 19.3. The molecule has 0 spiro atoms. The van der Waals surface area contributed by atoms with Crippen LogP contribution in [0.25, 0.3) is 0 Å². The second-order valence-electron chi connectivity index (χ2n) is 6.41. The van der Waals surface area contributed by atoms with Crippen LogP contribution in [0.1, 0.15) is 20.3 Å². The predicted molar refractivity (Wildman–Crippen MR) is 99.3 cm³/mol. The molecule has 1 saturated heterocycles. The molecule has 8 heteroatoms. The van der Waals surface area contributed by atoms with Gasteiger partial charge in [-0.05, 0) is 25.1 Å². The third-order valence-electron chi connectivity index (χ3n) is 4.32. The van der Waals surface area contributed by atoms with Gasteiger partial charge in [-0.1, -0.05) is 0 Å². The molecule has 26 heavy (non-hydrogen) atoms. The fraction of sp³-hybridized carbons (Fsp3) is 0.500.